The summed E-state index contributed by atoms with van der Waals surface area (Å²) in [5.74, 6) is 2.23. The van der Waals surface area contributed by atoms with Crippen molar-refractivity contribution in [3.8, 4) is 0 Å². The normalized spacial score (nSPS) is 12.1. The minimum absolute atomic E-state index is 0.0608. The van der Waals surface area contributed by atoms with Crippen molar-refractivity contribution in [2.45, 2.75) is 6.92 Å². The number of anilines is 1. The van der Waals surface area contributed by atoms with Crippen LogP contribution in [0.25, 0.3) is 10.8 Å². The van der Waals surface area contributed by atoms with Gasteiger partial charge in [-0.25, -0.2) is 4.98 Å². The molecule has 0 fully saturated rings. The van der Waals surface area contributed by atoms with Crippen molar-refractivity contribution >= 4 is 34.3 Å². The zero-order chi connectivity index (χ0) is 15.2. The maximum absolute atomic E-state index is 12.4. The average molecular weight is 303 g/mol. The van der Waals surface area contributed by atoms with Crippen LogP contribution in [0.15, 0.2) is 30.5 Å². The van der Waals surface area contributed by atoms with Crippen molar-refractivity contribution in [2.75, 3.05) is 30.9 Å². The fraction of sp³-hybridized carbons (Fsp3) is 0.375. The first kappa shape index (κ1) is 15.6. The summed E-state index contributed by atoms with van der Waals surface area (Å²) < 4.78 is 0. The number of benzene rings is 1. The second-order valence-corrected chi connectivity index (χ2v) is 6.00. The van der Waals surface area contributed by atoms with Crippen molar-refractivity contribution in [3.63, 3.8) is 0 Å². The van der Waals surface area contributed by atoms with Gasteiger partial charge in [-0.2, -0.15) is 11.8 Å². The Balaban J connectivity index is 2.24. The van der Waals surface area contributed by atoms with E-state index in [-0.39, 0.29) is 5.91 Å². The number of hydrogen-bond acceptors (Lipinski definition) is 4. The predicted molar refractivity (Wildman–Crippen MR) is 91.2 cm³/mol. The van der Waals surface area contributed by atoms with E-state index in [0.29, 0.717) is 18.0 Å². The molecule has 1 amide bonds. The maximum atomic E-state index is 12.4. The molecular formula is C16H21N3OS. The van der Waals surface area contributed by atoms with E-state index < -0.39 is 0 Å². The molecule has 1 unspecified atom stereocenters. The Morgan fingerprint density at radius 2 is 2.05 bits per heavy atom. The number of aromatic nitrogens is 1. The van der Waals surface area contributed by atoms with Crippen molar-refractivity contribution in [3.05, 3.63) is 36.0 Å². The predicted octanol–water partition coefficient (Wildman–Crippen LogP) is 3.01. The quantitative estimate of drug-likeness (QED) is 0.861. The summed E-state index contributed by atoms with van der Waals surface area (Å²) in [6.07, 6.45) is 3.72. The summed E-state index contributed by atoms with van der Waals surface area (Å²) in [6, 6.07) is 7.82. The molecule has 0 radical (unpaired) electrons. The number of fused-ring (bicyclic) bond motifs is 1. The second-order valence-electron chi connectivity index (χ2n) is 5.09. The number of nitrogens with zero attached hydrogens (tertiary/aromatic N) is 1. The van der Waals surface area contributed by atoms with Crippen LogP contribution in [0.3, 0.4) is 0 Å². The average Bonchev–Trinajstić information content (AvgIpc) is 2.51. The van der Waals surface area contributed by atoms with Gasteiger partial charge in [0.15, 0.2) is 0 Å². The topological polar surface area (TPSA) is 54.0 Å². The van der Waals surface area contributed by atoms with Crippen LogP contribution < -0.4 is 10.6 Å². The molecule has 2 rings (SSSR count). The first-order valence-electron chi connectivity index (χ1n) is 7.00. The largest absolute Gasteiger partial charge is 0.373 e. The van der Waals surface area contributed by atoms with Crippen LogP contribution in [0.5, 0.6) is 0 Å². The molecule has 5 heteroatoms. The summed E-state index contributed by atoms with van der Waals surface area (Å²) in [7, 11) is 1.83. The first-order valence-corrected chi connectivity index (χ1v) is 8.39. The molecule has 21 heavy (non-hydrogen) atoms. The Morgan fingerprint density at radius 1 is 1.33 bits per heavy atom. The lowest BCUT2D eigenvalue weighted by Crippen LogP contribution is -2.29. The molecule has 0 aliphatic heterocycles. The van der Waals surface area contributed by atoms with Crippen molar-refractivity contribution in [1.82, 2.24) is 10.3 Å². The van der Waals surface area contributed by atoms with E-state index in [1.807, 2.05) is 31.3 Å². The third-order valence-corrected chi connectivity index (χ3v) is 4.24. The van der Waals surface area contributed by atoms with Crippen LogP contribution in [0.2, 0.25) is 0 Å². The molecule has 2 N–H and O–H groups in total. The summed E-state index contributed by atoms with van der Waals surface area (Å²) in [6.45, 7) is 2.82. The van der Waals surface area contributed by atoms with Crippen molar-refractivity contribution < 1.29 is 4.79 Å². The van der Waals surface area contributed by atoms with Gasteiger partial charge in [-0.3, -0.25) is 4.79 Å². The van der Waals surface area contributed by atoms with Gasteiger partial charge >= 0.3 is 0 Å². The highest BCUT2D eigenvalue weighted by molar-refractivity contribution is 7.98. The Hall–Kier alpha value is -1.75. The van der Waals surface area contributed by atoms with Gasteiger partial charge in [0.1, 0.15) is 5.82 Å². The standard InChI is InChI=1S/C16H21N3OS/c1-11(10-21-3)8-19-16(20)14-9-18-15(17-2)13-7-5-4-6-12(13)14/h4-7,9,11H,8,10H2,1-3H3,(H,17,18)(H,19,20). The molecular weight excluding hydrogens is 282 g/mol. The van der Waals surface area contributed by atoms with E-state index in [2.05, 4.69) is 28.8 Å². The molecule has 1 atom stereocenters. The number of nitrogens with one attached hydrogen (secondary N) is 2. The first-order chi connectivity index (χ1) is 10.2. The monoisotopic (exact) mass is 303 g/mol. The molecule has 2 aromatic rings. The van der Waals surface area contributed by atoms with Crippen LogP contribution in [0.4, 0.5) is 5.82 Å². The van der Waals surface area contributed by atoms with E-state index >= 15 is 0 Å². The molecule has 1 aromatic heterocycles. The fourth-order valence-corrected chi connectivity index (χ4v) is 2.97. The third kappa shape index (κ3) is 3.67. The van der Waals surface area contributed by atoms with Crippen LogP contribution in [0, 0.1) is 5.92 Å². The van der Waals surface area contributed by atoms with E-state index in [9.17, 15) is 4.79 Å². The summed E-state index contributed by atoms with van der Waals surface area (Å²) >= 11 is 1.79. The van der Waals surface area contributed by atoms with E-state index in [0.717, 1.165) is 22.3 Å². The molecule has 112 valence electrons. The minimum Gasteiger partial charge on any atom is -0.373 e. The summed E-state index contributed by atoms with van der Waals surface area (Å²) in [5, 5.41) is 7.94. The molecule has 0 saturated carbocycles. The zero-order valence-electron chi connectivity index (χ0n) is 12.6. The lowest BCUT2D eigenvalue weighted by molar-refractivity contribution is 0.0950. The van der Waals surface area contributed by atoms with Gasteiger partial charge in [0.25, 0.3) is 5.91 Å². The number of hydrogen-bond donors (Lipinski definition) is 2. The van der Waals surface area contributed by atoms with Crippen LogP contribution in [-0.4, -0.2) is 36.5 Å². The summed E-state index contributed by atoms with van der Waals surface area (Å²) in [5.41, 5.74) is 0.626. The lowest BCUT2D eigenvalue weighted by Gasteiger charge is -2.13. The molecule has 0 saturated heterocycles. The summed E-state index contributed by atoms with van der Waals surface area (Å²) in [4.78, 5) is 16.7. The van der Waals surface area contributed by atoms with E-state index in [4.69, 9.17) is 0 Å². The third-order valence-electron chi connectivity index (χ3n) is 3.34. The Kier molecular flexibility index (Phi) is 5.44. The van der Waals surface area contributed by atoms with Gasteiger partial charge in [0.2, 0.25) is 0 Å². The van der Waals surface area contributed by atoms with Gasteiger partial charge in [-0.05, 0) is 23.3 Å². The minimum atomic E-state index is -0.0608. The number of carbonyl (C=O) groups excluding carboxylic acids is 1. The lowest BCUT2D eigenvalue weighted by atomic mass is 10.1. The Bertz CT molecular complexity index is 630. The van der Waals surface area contributed by atoms with E-state index in [1.54, 1.807) is 18.0 Å². The van der Waals surface area contributed by atoms with Crippen LogP contribution >= 0.6 is 11.8 Å². The SMILES string of the molecule is CNc1ncc(C(=O)NCC(C)CSC)c2ccccc12. The number of rotatable bonds is 6. The highest BCUT2D eigenvalue weighted by atomic mass is 32.2. The molecule has 0 spiro atoms. The number of carbonyl (C=O) groups is 1. The molecule has 0 aliphatic rings. The molecule has 1 aromatic carbocycles. The van der Waals surface area contributed by atoms with Crippen molar-refractivity contribution in [2.24, 2.45) is 5.92 Å². The maximum Gasteiger partial charge on any atom is 0.253 e. The van der Waals surface area contributed by atoms with Gasteiger partial charge in [-0.15, -0.1) is 0 Å². The number of pyridine rings is 1. The number of thioether (sulfide) groups is 1. The molecule has 0 bridgehead atoms. The Morgan fingerprint density at radius 3 is 2.71 bits per heavy atom. The van der Waals surface area contributed by atoms with Gasteiger partial charge in [0.05, 0.1) is 5.56 Å². The smallest absolute Gasteiger partial charge is 0.253 e. The highest BCUT2D eigenvalue weighted by Gasteiger charge is 2.13. The number of amides is 1. The molecule has 4 nitrogen and oxygen atoms in total. The van der Waals surface area contributed by atoms with Gasteiger partial charge < -0.3 is 10.6 Å². The zero-order valence-corrected chi connectivity index (χ0v) is 13.5. The molecule has 1 heterocycles. The second kappa shape index (κ2) is 7.31. The van der Waals surface area contributed by atoms with Crippen LogP contribution in [-0.2, 0) is 0 Å². The molecule has 0 aliphatic carbocycles. The fourth-order valence-electron chi connectivity index (χ4n) is 2.28. The van der Waals surface area contributed by atoms with Gasteiger partial charge in [0, 0.05) is 25.2 Å². The van der Waals surface area contributed by atoms with Gasteiger partial charge in [-0.1, -0.05) is 31.2 Å². The Labute approximate surface area is 129 Å². The van der Waals surface area contributed by atoms with E-state index in [1.165, 1.54) is 0 Å². The van der Waals surface area contributed by atoms with Crippen molar-refractivity contribution in [1.29, 1.82) is 0 Å². The highest BCUT2D eigenvalue weighted by Crippen LogP contribution is 2.24. The van der Waals surface area contributed by atoms with Crippen LogP contribution in [0.1, 0.15) is 17.3 Å².